The Bertz CT molecular complexity index is 2140. The van der Waals surface area contributed by atoms with Gasteiger partial charge in [-0.1, -0.05) is 66.1 Å². The highest BCUT2D eigenvalue weighted by Crippen LogP contribution is 2.34. The van der Waals surface area contributed by atoms with Crippen molar-refractivity contribution in [3.8, 4) is 0 Å². The first-order valence-corrected chi connectivity index (χ1v) is 25.1. The Labute approximate surface area is 413 Å². The zero-order valence-corrected chi connectivity index (χ0v) is 41.3. The van der Waals surface area contributed by atoms with Crippen LogP contribution < -0.4 is 60.6 Å². The zero-order valence-electron chi connectivity index (χ0n) is 39.7. The van der Waals surface area contributed by atoms with Crippen molar-refractivity contribution in [1.29, 1.82) is 0 Å². The van der Waals surface area contributed by atoms with Crippen molar-refractivity contribution in [2.75, 3.05) is 38.2 Å². The van der Waals surface area contributed by atoms with E-state index in [1.165, 1.54) is 22.7 Å². The number of hydrogen-bond donors (Lipinski definition) is 11. The maximum absolute atomic E-state index is 14.3. The number of nitrogens with two attached hydrogens (primary N) is 5. The highest BCUT2D eigenvalue weighted by molar-refractivity contribution is 8.76. The fourth-order valence-electron chi connectivity index (χ4n) is 7.66. The number of rotatable bonds is 18. The lowest BCUT2D eigenvalue weighted by Crippen LogP contribution is -2.61. The molecule has 1 aromatic rings. The molecule has 16 N–H and O–H groups in total. The van der Waals surface area contributed by atoms with Crippen LogP contribution in [0.1, 0.15) is 82.9 Å². The fraction of sp³-hybridized carbons (Fsp3) is 0.581. The Morgan fingerprint density at radius 3 is 2.19 bits per heavy atom. The lowest BCUT2D eigenvalue weighted by molar-refractivity contribution is -0.144. The molecular formula is C43H66N14O11S2. The minimum atomic E-state index is -1.74. The third-order valence-corrected chi connectivity index (χ3v) is 13.9. The van der Waals surface area contributed by atoms with Gasteiger partial charge in [0.05, 0.1) is 25.6 Å². The summed E-state index contributed by atoms with van der Waals surface area (Å²) in [7, 11) is 3.49. The van der Waals surface area contributed by atoms with Crippen molar-refractivity contribution < 1.29 is 52.7 Å². The van der Waals surface area contributed by atoms with Crippen LogP contribution in [0.15, 0.2) is 29.3 Å². The van der Waals surface area contributed by atoms with Gasteiger partial charge in [-0.2, -0.15) is 0 Å². The van der Waals surface area contributed by atoms with Gasteiger partial charge in [0.1, 0.15) is 36.3 Å². The molecule has 70 heavy (non-hydrogen) atoms. The van der Waals surface area contributed by atoms with E-state index in [-0.39, 0.29) is 62.0 Å². The van der Waals surface area contributed by atoms with Crippen LogP contribution in [0, 0.1) is 5.92 Å². The molecule has 1 saturated heterocycles. The molecule has 11 amide bonds. The van der Waals surface area contributed by atoms with Crippen LogP contribution >= 0.6 is 21.6 Å². The average Bonchev–Trinajstić information content (AvgIpc) is 3.29. The van der Waals surface area contributed by atoms with Crippen LogP contribution in [-0.4, -0.2) is 155 Å². The van der Waals surface area contributed by atoms with Crippen molar-refractivity contribution in [2.24, 2.45) is 39.6 Å². The second-order valence-electron chi connectivity index (χ2n) is 16.9. The van der Waals surface area contributed by atoms with E-state index in [0.29, 0.717) is 6.42 Å². The normalized spacial score (nSPS) is 22.4. The molecule has 0 aliphatic carbocycles. The number of nitrogens with zero attached hydrogens (tertiary/aromatic N) is 3. The molecule has 1 unspecified atom stereocenters. The molecule has 0 saturated carbocycles. The maximum Gasteiger partial charge on any atom is 0.246 e. The zero-order chi connectivity index (χ0) is 52.2. The predicted octanol–water partition coefficient (Wildman–Crippen LogP) is -3.99. The van der Waals surface area contributed by atoms with Crippen molar-refractivity contribution in [3.05, 3.63) is 35.4 Å². The minimum absolute atomic E-state index is 0.0100. The van der Waals surface area contributed by atoms with Gasteiger partial charge in [0.15, 0.2) is 5.96 Å². The second-order valence-corrected chi connectivity index (χ2v) is 19.6. The molecule has 27 heteroatoms. The molecule has 0 bridgehead atoms. The number of carbonyl (C=O) groups is 11. The van der Waals surface area contributed by atoms with Gasteiger partial charge < -0.3 is 70.4 Å². The smallest absolute Gasteiger partial charge is 0.246 e. The van der Waals surface area contributed by atoms with E-state index in [4.69, 9.17) is 28.7 Å². The van der Waals surface area contributed by atoms with Crippen LogP contribution in [0.25, 0.3) is 0 Å². The van der Waals surface area contributed by atoms with Crippen LogP contribution in [0.3, 0.4) is 0 Å². The topological polar surface area (TPSA) is 409 Å². The van der Waals surface area contributed by atoms with E-state index in [2.05, 4.69) is 36.9 Å². The Hall–Kier alpha value is -6.64. The molecule has 2 aliphatic heterocycles. The molecule has 2 aliphatic rings. The minimum Gasteiger partial charge on any atom is -0.370 e. The number of hydrogen-bond acceptors (Lipinski definition) is 14. The Morgan fingerprint density at radius 2 is 1.54 bits per heavy atom. The number of amides is 11. The molecule has 25 nitrogen and oxygen atoms in total. The molecule has 2 heterocycles. The Morgan fingerprint density at radius 1 is 0.871 bits per heavy atom. The number of carbonyl (C=O) groups excluding carboxylic acids is 11. The maximum atomic E-state index is 14.3. The lowest BCUT2D eigenvalue weighted by Gasteiger charge is -2.42. The first-order valence-electron chi connectivity index (χ1n) is 22.6. The quantitative estimate of drug-likeness (QED) is 0.0289. The summed E-state index contributed by atoms with van der Waals surface area (Å²) in [6, 6.07) is -1.44. The van der Waals surface area contributed by atoms with E-state index in [1.807, 2.05) is 24.3 Å². The van der Waals surface area contributed by atoms with Gasteiger partial charge in [-0.15, -0.1) is 0 Å². The molecule has 386 valence electrons. The van der Waals surface area contributed by atoms with E-state index in [1.54, 1.807) is 20.8 Å². The monoisotopic (exact) mass is 1020 g/mol. The van der Waals surface area contributed by atoms with Crippen LogP contribution in [0.2, 0.25) is 0 Å². The van der Waals surface area contributed by atoms with E-state index in [9.17, 15) is 52.7 Å². The molecule has 1 fully saturated rings. The third kappa shape index (κ3) is 18.0. The van der Waals surface area contributed by atoms with Gasteiger partial charge >= 0.3 is 0 Å². The number of primary amides is 3. The van der Waals surface area contributed by atoms with E-state index >= 15 is 0 Å². The summed E-state index contributed by atoms with van der Waals surface area (Å²) in [5.41, 5.74) is 28.5. The highest BCUT2D eigenvalue weighted by atomic mass is 33.1. The van der Waals surface area contributed by atoms with E-state index in [0.717, 1.165) is 26.8 Å². The molecule has 0 spiro atoms. The van der Waals surface area contributed by atoms with Gasteiger partial charge in [-0.25, -0.2) is 0 Å². The van der Waals surface area contributed by atoms with Crippen LogP contribution in [-0.2, 0) is 59.2 Å². The number of nitrogens with one attached hydrogen (secondary N) is 6. The summed E-state index contributed by atoms with van der Waals surface area (Å²) in [6.07, 6.45) is -0.887. The van der Waals surface area contributed by atoms with Crippen molar-refractivity contribution >= 4 is 92.5 Å². The second kappa shape index (κ2) is 28.1. The lowest BCUT2D eigenvalue weighted by atomic mass is 9.87. The average molecular weight is 1020 g/mol. The predicted molar refractivity (Wildman–Crippen MR) is 260 cm³/mol. The van der Waals surface area contributed by atoms with Gasteiger partial charge in [-0.05, 0) is 43.2 Å². The summed E-state index contributed by atoms with van der Waals surface area (Å²) >= 11 is 0. The number of likely N-dealkylation sites (N-methyl/N-ethyl adjacent to an activating group) is 1. The first-order chi connectivity index (χ1) is 33.0. The Kier molecular flexibility index (Phi) is 23.2. The molecule has 3 rings (SSSR count). The van der Waals surface area contributed by atoms with E-state index < -0.39 is 133 Å². The summed E-state index contributed by atoms with van der Waals surface area (Å²) in [4.78, 5) is 153. The van der Waals surface area contributed by atoms with Crippen LogP contribution in [0.5, 0.6) is 0 Å². The number of aliphatic imine (C=N–C) groups is 1. The summed E-state index contributed by atoms with van der Waals surface area (Å²) in [6.45, 7) is 4.21. The molecule has 1 aromatic carbocycles. The Balaban J connectivity index is 2.01. The van der Waals surface area contributed by atoms with Gasteiger partial charge in [-0.3, -0.25) is 57.7 Å². The molecule has 0 radical (unpaired) electrons. The number of guanidine groups is 1. The highest BCUT2D eigenvalue weighted by Gasteiger charge is 2.41. The van der Waals surface area contributed by atoms with Gasteiger partial charge in [0.25, 0.3) is 0 Å². The molecule has 8 atom stereocenters. The van der Waals surface area contributed by atoms with Crippen molar-refractivity contribution in [1.82, 2.24) is 41.7 Å². The summed E-state index contributed by atoms with van der Waals surface area (Å²) in [5, 5.41) is 15.1. The van der Waals surface area contributed by atoms with Gasteiger partial charge in [0, 0.05) is 44.4 Å². The SMILES string of the molecule is CC[C@H](C)[C@@H]1NC(=O)[C@@H]2Cc3ccccc3C(C)N2C(=O)CCSSC[C@@H](C(=O)N(C)CC(=O)N[C@@H](CCCN=C(N)N)C(=O)NCC(N)=O)NC(=O)[C@H](CC(N)=O)NC(=O)[C@H](CCC(N)=O)NC1=O. The largest absolute Gasteiger partial charge is 0.370 e. The first kappa shape index (κ1) is 57.7. The molecule has 0 aromatic heterocycles. The standard InChI is InChI=1S/C43H66N14O11S2/c1-5-22(2)36-41(67)52-27(12-13-31(44)58)38(64)53-28(18-32(45)59)39(65)54-29(42(68)56(4)20-34(61)51-26(11-8-15-49-43(47)48)37(63)50-19-33(46)60)21-70-69-16-14-35(62)57-23(3)25-10-7-6-9-24(25)17-30(57)40(66)55-36/h6-7,9-10,22-23,26-30,36H,5,8,11-21H2,1-4H3,(H2,44,58)(H2,45,59)(H2,46,60)(H,50,63)(H,51,61)(H,52,67)(H,53,64)(H,54,65)(H,55,66)(H4,47,48,49)/t22-,23?,26-,27-,28-,29-,30-,36-/m0/s1. The van der Waals surface area contributed by atoms with Crippen molar-refractivity contribution in [3.63, 3.8) is 0 Å². The van der Waals surface area contributed by atoms with Crippen LogP contribution in [0.4, 0.5) is 0 Å². The number of benzene rings is 1. The fourth-order valence-corrected chi connectivity index (χ4v) is 9.80. The van der Waals surface area contributed by atoms with Gasteiger partial charge in [0.2, 0.25) is 65.0 Å². The van der Waals surface area contributed by atoms with Crippen molar-refractivity contribution in [2.45, 2.75) is 114 Å². The third-order valence-electron chi connectivity index (χ3n) is 11.5. The number of fused-ring (bicyclic) bond motifs is 2. The summed E-state index contributed by atoms with van der Waals surface area (Å²) < 4.78 is 0. The molecular weight excluding hydrogens is 953 g/mol. The summed E-state index contributed by atoms with van der Waals surface area (Å²) in [5.74, 6) is -9.79.